The van der Waals surface area contributed by atoms with E-state index in [-0.39, 0.29) is 12.2 Å². The van der Waals surface area contributed by atoms with Crippen molar-refractivity contribution in [3.8, 4) is 11.1 Å². The summed E-state index contributed by atoms with van der Waals surface area (Å²) in [5.74, 6) is -1.17. The summed E-state index contributed by atoms with van der Waals surface area (Å²) < 4.78 is 32.3. The Morgan fingerprint density at radius 3 is 2.55 bits per heavy atom. The van der Waals surface area contributed by atoms with Crippen LogP contribution in [0.3, 0.4) is 0 Å². The third-order valence-electron chi connectivity index (χ3n) is 3.39. The summed E-state index contributed by atoms with van der Waals surface area (Å²) >= 11 is 0. The van der Waals surface area contributed by atoms with Gasteiger partial charge in [0, 0.05) is 11.1 Å². The van der Waals surface area contributed by atoms with Gasteiger partial charge in [0.05, 0.1) is 11.9 Å². The van der Waals surface area contributed by atoms with Crippen molar-refractivity contribution in [2.45, 2.75) is 6.92 Å². The van der Waals surface area contributed by atoms with E-state index in [0.717, 1.165) is 5.01 Å². The molecule has 4 nitrogen and oxygen atoms in total. The van der Waals surface area contributed by atoms with Crippen molar-refractivity contribution in [3.63, 3.8) is 0 Å². The Bertz CT molecular complexity index is 757. The van der Waals surface area contributed by atoms with Crippen LogP contribution in [0.2, 0.25) is 0 Å². The highest BCUT2D eigenvalue weighted by Crippen LogP contribution is 2.28. The van der Waals surface area contributed by atoms with Gasteiger partial charge in [-0.1, -0.05) is 12.1 Å². The van der Waals surface area contributed by atoms with Crippen LogP contribution in [0.25, 0.3) is 11.1 Å². The number of hydrazone groups is 1. The highest BCUT2D eigenvalue weighted by Gasteiger charge is 2.19. The number of hydrogen-bond donors (Lipinski definition) is 0. The van der Waals surface area contributed by atoms with Gasteiger partial charge in [-0.25, -0.2) is 13.6 Å². The van der Waals surface area contributed by atoms with Crippen molar-refractivity contribution in [3.05, 3.63) is 53.6 Å². The van der Waals surface area contributed by atoms with Gasteiger partial charge in [-0.05, 0) is 36.8 Å². The Morgan fingerprint density at radius 1 is 1.14 bits per heavy atom. The Labute approximate surface area is 125 Å². The fraction of sp³-hybridized carbons (Fsp3) is 0.125. The fourth-order valence-corrected chi connectivity index (χ4v) is 2.17. The van der Waals surface area contributed by atoms with Crippen molar-refractivity contribution in [1.29, 1.82) is 0 Å². The summed E-state index contributed by atoms with van der Waals surface area (Å²) in [4.78, 5) is 11.6. The van der Waals surface area contributed by atoms with Gasteiger partial charge in [-0.15, -0.1) is 0 Å². The molecule has 0 radical (unpaired) electrons. The van der Waals surface area contributed by atoms with Crippen molar-refractivity contribution < 1.29 is 18.3 Å². The zero-order valence-electron chi connectivity index (χ0n) is 11.7. The molecule has 0 unspecified atom stereocenters. The number of ether oxygens (including phenoxy) is 1. The maximum Gasteiger partial charge on any atom is 0.435 e. The number of cyclic esters (lactones) is 1. The molecule has 0 fully saturated rings. The highest BCUT2D eigenvalue weighted by atomic mass is 19.1. The van der Waals surface area contributed by atoms with Crippen molar-refractivity contribution in [2.24, 2.45) is 5.10 Å². The van der Waals surface area contributed by atoms with Crippen LogP contribution >= 0.6 is 0 Å². The van der Waals surface area contributed by atoms with Crippen molar-refractivity contribution in [1.82, 2.24) is 0 Å². The first-order chi connectivity index (χ1) is 10.6. The summed E-state index contributed by atoms with van der Waals surface area (Å²) in [6.07, 6.45) is 0.900. The monoisotopic (exact) mass is 302 g/mol. The quantitative estimate of drug-likeness (QED) is 0.844. The van der Waals surface area contributed by atoms with Crippen molar-refractivity contribution >= 4 is 18.0 Å². The molecule has 0 saturated carbocycles. The number of anilines is 1. The van der Waals surface area contributed by atoms with E-state index in [0.29, 0.717) is 16.8 Å². The van der Waals surface area contributed by atoms with Crippen LogP contribution in [0.5, 0.6) is 0 Å². The lowest BCUT2D eigenvalue weighted by Crippen LogP contribution is -2.31. The molecule has 22 heavy (non-hydrogen) atoms. The van der Waals surface area contributed by atoms with E-state index in [4.69, 9.17) is 4.74 Å². The number of hydrogen-bond acceptors (Lipinski definition) is 3. The van der Waals surface area contributed by atoms with Crippen LogP contribution in [0.15, 0.2) is 41.5 Å². The molecule has 1 heterocycles. The van der Waals surface area contributed by atoms with Crippen LogP contribution in [0, 0.1) is 18.6 Å². The van der Waals surface area contributed by atoms with E-state index in [1.165, 1.54) is 25.3 Å². The molecule has 112 valence electrons. The molecule has 0 bridgehead atoms. The minimum Gasteiger partial charge on any atom is -0.442 e. The maximum absolute atomic E-state index is 14.1. The molecule has 0 aromatic heterocycles. The lowest BCUT2D eigenvalue weighted by molar-refractivity contribution is 0.167. The number of rotatable bonds is 2. The fourth-order valence-electron chi connectivity index (χ4n) is 2.17. The topological polar surface area (TPSA) is 41.9 Å². The van der Waals surface area contributed by atoms with E-state index in [1.54, 1.807) is 24.3 Å². The van der Waals surface area contributed by atoms with E-state index in [1.807, 2.05) is 0 Å². The second-order valence-corrected chi connectivity index (χ2v) is 4.77. The van der Waals surface area contributed by atoms with Crippen LogP contribution in [-0.4, -0.2) is 18.9 Å². The molecular formula is C16H12F2N2O2. The molecule has 0 atom stereocenters. The summed E-state index contributed by atoms with van der Waals surface area (Å²) in [7, 11) is 0. The molecule has 0 aliphatic carbocycles. The lowest BCUT2D eigenvalue weighted by atomic mass is 10.0. The molecule has 3 rings (SSSR count). The minimum absolute atomic E-state index is 0.0224. The molecule has 6 heteroatoms. The van der Waals surface area contributed by atoms with Gasteiger partial charge in [0.2, 0.25) is 0 Å². The molecule has 0 saturated heterocycles. The van der Waals surface area contributed by atoms with Gasteiger partial charge >= 0.3 is 6.09 Å². The SMILES string of the molecule is Cc1c(F)ccc(-c2ccc(N3N=CCOC3=O)cc2)c1F. The normalized spacial score (nSPS) is 14.1. The predicted octanol–water partition coefficient (Wildman–Crippen LogP) is 3.88. The molecule has 0 spiro atoms. The molecule has 2 aromatic carbocycles. The molecule has 1 amide bonds. The first kappa shape index (κ1) is 14.2. The Morgan fingerprint density at radius 2 is 1.86 bits per heavy atom. The summed E-state index contributed by atoms with van der Waals surface area (Å²) in [5, 5.41) is 5.05. The summed E-state index contributed by atoms with van der Waals surface area (Å²) in [6, 6.07) is 9.15. The van der Waals surface area contributed by atoms with Gasteiger partial charge in [0.1, 0.15) is 18.2 Å². The van der Waals surface area contributed by atoms with Gasteiger partial charge < -0.3 is 4.74 Å². The average Bonchev–Trinajstić information content (AvgIpc) is 2.54. The number of nitrogens with zero attached hydrogens (tertiary/aromatic N) is 2. The predicted molar refractivity (Wildman–Crippen MR) is 78.9 cm³/mol. The van der Waals surface area contributed by atoms with Crippen LogP contribution in [0.4, 0.5) is 19.3 Å². The van der Waals surface area contributed by atoms with E-state index in [2.05, 4.69) is 5.10 Å². The Hall–Kier alpha value is -2.76. The number of benzene rings is 2. The van der Waals surface area contributed by atoms with E-state index >= 15 is 0 Å². The summed E-state index contributed by atoms with van der Waals surface area (Å²) in [6.45, 7) is 1.54. The number of carbonyl (C=O) groups is 1. The first-order valence-electron chi connectivity index (χ1n) is 6.62. The number of amides is 1. The second kappa shape index (κ2) is 5.55. The lowest BCUT2D eigenvalue weighted by Gasteiger charge is -2.19. The number of carbonyl (C=O) groups excluding carboxylic acids is 1. The van der Waals surface area contributed by atoms with Gasteiger partial charge in [-0.3, -0.25) is 0 Å². The molecule has 1 aliphatic rings. The first-order valence-corrected chi connectivity index (χ1v) is 6.62. The largest absolute Gasteiger partial charge is 0.442 e. The average molecular weight is 302 g/mol. The van der Waals surface area contributed by atoms with Gasteiger partial charge in [0.15, 0.2) is 0 Å². The Balaban J connectivity index is 1.95. The summed E-state index contributed by atoms with van der Waals surface area (Å²) in [5.41, 5.74) is 1.36. The van der Waals surface area contributed by atoms with Crippen molar-refractivity contribution in [2.75, 3.05) is 11.6 Å². The van der Waals surface area contributed by atoms with Gasteiger partial charge in [0.25, 0.3) is 0 Å². The molecule has 0 N–H and O–H groups in total. The van der Waals surface area contributed by atoms with Gasteiger partial charge in [-0.2, -0.15) is 10.1 Å². The zero-order valence-corrected chi connectivity index (χ0v) is 11.7. The third kappa shape index (κ3) is 2.43. The third-order valence-corrected chi connectivity index (χ3v) is 3.39. The molecule has 1 aliphatic heterocycles. The van der Waals surface area contributed by atoms with Crippen LogP contribution in [0.1, 0.15) is 5.56 Å². The highest BCUT2D eigenvalue weighted by molar-refractivity contribution is 5.91. The zero-order chi connectivity index (χ0) is 15.7. The Kier molecular flexibility index (Phi) is 3.58. The maximum atomic E-state index is 14.1. The smallest absolute Gasteiger partial charge is 0.435 e. The van der Waals surface area contributed by atoms with E-state index < -0.39 is 17.7 Å². The number of halogens is 2. The standard InChI is InChI=1S/C16H12F2N2O2/c1-10-14(17)7-6-13(15(10)18)11-2-4-12(5-3-11)20-16(21)22-9-8-19-20/h2-8H,9H2,1H3. The van der Waals surface area contributed by atoms with Crippen LogP contribution in [-0.2, 0) is 4.74 Å². The molecule has 2 aromatic rings. The van der Waals surface area contributed by atoms with Crippen LogP contribution < -0.4 is 5.01 Å². The minimum atomic E-state index is -0.594. The van der Waals surface area contributed by atoms with E-state index in [9.17, 15) is 13.6 Å². The molecular weight excluding hydrogens is 290 g/mol. The second-order valence-electron chi connectivity index (χ2n) is 4.77.